The Balaban J connectivity index is 2.35. The molecule has 0 fully saturated rings. The minimum Gasteiger partial charge on any atom is -0.280 e. The molecule has 20 heavy (non-hydrogen) atoms. The number of hydrogen-bond donors (Lipinski definition) is 1. The van der Waals surface area contributed by atoms with Crippen molar-refractivity contribution < 1.29 is 21.6 Å². The van der Waals surface area contributed by atoms with Gasteiger partial charge in [0.1, 0.15) is 5.82 Å². The van der Waals surface area contributed by atoms with Gasteiger partial charge >= 0.3 is 0 Å². The van der Waals surface area contributed by atoms with Crippen LogP contribution in [0.4, 0.5) is 18.9 Å². The molecule has 106 valence electrons. The normalized spacial score (nSPS) is 11.4. The van der Waals surface area contributed by atoms with Gasteiger partial charge in [-0.25, -0.2) is 21.6 Å². The second kappa shape index (κ2) is 5.34. The van der Waals surface area contributed by atoms with Crippen LogP contribution in [0, 0.1) is 17.5 Å². The summed E-state index contributed by atoms with van der Waals surface area (Å²) in [4.78, 5) is -0.461. The summed E-state index contributed by atoms with van der Waals surface area (Å²) in [7, 11) is -4.12. The Hall–Kier alpha value is -1.73. The van der Waals surface area contributed by atoms with Gasteiger partial charge in [0.15, 0.2) is 11.6 Å². The number of nitrogens with one attached hydrogen (secondary N) is 1. The van der Waals surface area contributed by atoms with Crippen molar-refractivity contribution in [1.29, 1.82) is 0 Å². The zero-order valence-electron chi connectivity index (χ0n) is 9.70. The van der Waals surface area contributed by atoms with E-state index in [9.17, 15) is 21.6 Å². The van der Waals surface area contributed by atoms with Crippen molar-refractivity contribution in [1.82, 2.24) is 0 Å². The molecule has 0 heterocycles. The molecule has 0 spiro atoms. The molecule has 2 rings (SSSR count). The van der Waals surface area contributed by atoms with Crippen molar-refractivity contribution in [3.8, 4) is 0 Å². The van der Waals surface area contributed by atoms with Gasteiger partial charge in [-0.1, -0.05) is 11.6 Å². The summed E-state index contributed by atoms with van der Waals surface area (Å²) in [6, 6.07) is 5.34. The highest BCUT2D eigenvalue weighted by Crippen LogP contribution is 2.22. The van der Waals surface area contributed by atoms with Crippen LogP contribution in [-0.2, 0) is 10.0 Å². The third kappa shape index (κ3) is 3.05. The predicted octanol–water partition coefficient (Wildman–Crippen LogP) is 3.56. The molecule has 2 aromatic carbocycles. The van der Waals surface area contributed by atoms with Gasteiger partial charge in [-0.15, -0.1) is 0 Å². The van der Waals surface area contributed by atoms with E-state index in [1.807, 2.05) is 0 Å². The van der Waals surface area contributed by atoms with Crippen LogP contribution < -0.4 is 4.72 Å². The SMILES string of the molecule is O=S(=O)(Nc1ccc(F)c(Cl)c1)c1ccc(F)c(F)c1. The highest BCUT2D eigenvalue weighted by Gasteiger charge is 2.17. The topological polar surface area (TPSA) is 46.2 Å². The van der Waals surface area contributed by atoms with Crippen molar-refractivity contribution in [2.75, 3.05) is 4.72 Å². The molecule has 3 nitrogen and oxygen atoms in total. The zero-order chi connectivity index (χ0) is 14.9. The molecule has 0 aliphatic rings. The molecular formula is C12H7ClF3NO2S. The van der Waals surface area contributed by atoms with E-state index in [0.29, 0.717) is 12.1 Å². The van der Waals surface area contributed by atoms with Crippen molar-refractivity contribution in [2.24, 2.45) is 0 Å². The lowest BCUT2D eigenvalue weighted by molar-refractivity contribution is 0.504. The summed E-state index contributed by atoms with van der Waals surface area (Å²) in [6.07, 6.45) is 0. The van der Waals surface area contributed by atoms with Crippen LogP contribution in [0.2, 0.25) is 5.02 Å². The van der Waals surface area contributed by atoms with E-state index in [2.05, 4.69) is 4.72 Å². The standard InChI is InChI=1S/C12H7ClF3NO2S/c13-9-5-7(1-3-10(9)14)17-20(18,19)8-2-4-11(15)12(16)6-8/h1-6,17H. The second-order valence-electron chi connectivity index (χ2n) is 3.81. The minimum absolute atomic E-state index is 0.00105. The molecule has 0 aromatic heterocycles. The summed E-state index contributed by atoms with van der Waals surface area (Å²) < 4.78 is 64.7. The number of anilines is 1. The lowest BCUT2D eigenvalue weighted by Crippen LogP contribution is -2.13. The number of halogens is 4. The fourth-order valence-electron chi connectivity index (χ4n) is 1.42. The highest BCUT2D eigenvalue weighted by atomic mass is 35.5. The summed E-state index contributed by atoms with van der Waals surface area (Å²) in [5.74, 6) is -3.15. The summed E-state index contributed by atoms with van der Waals surface area (Å²) in [6.45, 7) is 0. The van der Waals surface area contributed by atoms with Crippen LogP contribution in [0.1, 0.15) is 0 Å². The zero-order valence-corrected chi connectivity index (χ0v) is 11.3. The van der Waals surface area contributed by atoms with E-state index in [1.165, 1.54) is 0 Å². The summed E-state index contributed by atoms with van der Waals surface area (Å²) in [5.41, 5.74) is 0.00105. The molecule has 0 saturated carbocycles. The molecule has 0 bridgehead atoms. The van der Waals surface area contributed by atoms with Crippen LogP contribution in [0.3, 0.4) is 0 Å². The van der Waals surface area contributed by atoms with E-state index >= 15 is 0 Å². The predicted molar refractivity (Wildman–Crippen MR) is 68.6 cm³/mol. The average Bonchev–Trinajstić information content (AvgIpc) is 2.37. The molecule has 1 N–H and O–H groups in total. The molecule has 0 unspecified atom stereocenters. The van der Waals surface area contributed by atoms with Crippen molar-refractivity contribution in [3.05, 3.63) is 58.9 Å². The first-order valence-electron chi connectivity index (χ1n) is 5.22. The maximum Gasteiger partial charge on any atom is 0.261 e. The number of hydrogen-bond acceptors (Lipinski definition) is 2. The minimum atomic E-state index is -4.12. The number of rotatable bonds is 3. The van der Waals surface area contributed by atoms with Crippen molar-refractivity contribution in [3.63, 3.8) is 0 Å². The molecule has 2 aromatic rings. The third-order valence-electron chi connectivity index (χ3n) is 2.37. The van der Waals surface area contributed by atoms with E-state index < -0.39 is 32.4 Å². The largest absolute Gasteiger partial charge is 0.280 e. The molecule has 0 saturated heterocycles. The van der Waals surface area contributed by atoms with Crippen LogP contribution in [0.15, 0.2) is 41.3 Å². The van der Waals surface area contributed by atoms with Gasteiger partial charge in [0.2, 0.25) is 0 Å². The quantitative estimate of drug-likeness (QED) is 0.939. The van der Waals surface area contributed by atoms with Crippen molar-refractivity contribution >= 4 is 27.3 Å². The van der Waals surface area contributed by atoms with Crippen LogP contribution in [0.5, 0.6) is 0 Å². The van der Waals surface area contributed by atoms with E-state index in [1.54, 1.807) is 0 Å². The van der Waals surface area contributed by atoms with Crippen LogP contribution in [-0.4, -0.2) is 8.42 Å². The van der Waals surface area contributed by atoms with Gasteiger partial charge in [0, 0.05) is 0 Å². The summed E-state index contributed by atoms with van der Waals surface area (Å²) in [5, 5.41) is -0.268. The lowest BCUT2D eigenvalue weighted by Gasteiger charge is -2.08. The van der Waals surface area contributed by atoms with Gasteiger partial charge in [-0.2, -0.15) is 0 Å². The van der Waals surface area contributed by atoms with E-state index in [4.69, 9.17) is 11.6 Å². The Morgan fingerprint density at radius 1 is 0.900 bits per heavy atom. The number of sulfonamides is 1. The van der Waals surface area contributed by atoms with Gasteiger partial charge in [0.05, 0.1) is 15.6 Å². The maximum absolute atomic E-state index is 13.0. The first-order chi connectivity index (χ1) is 9.29. The smallest absolute Gasteiger partial charge is 0.261 e. The van der Waals surface area contributed by atoms with Gasteiger partial charge in [-0.05, 0) is 36.4 Å². The Kier molecular flexibility index (Phi) is 3.92. The first-order valence-corrected chi connectivity index (χ1v) is 7.08. The van der Waals surface area contributed by atoms with Gasteiger partial charge < -0.3 is 0 Å². The van der Waals surface area contributed by atoms with Crippen LogP contribution >= 0.6 is 11.6 Å². The molecule has 0 atom stereocenters. The van der Waals surface area contributed by atoms with Gasteiger partial charge in [-0.3, -0.25) is 4.72 Å². The fraction of sp³-hybridized carbons (Fsp3) is 0. The van der Waals surface area contributed by atoms with Gasteiger partial charge in [0.25, 0.3) is 10.0 Å². The molecule has 0 amide bonds. The Morgan fingerprint density at radius 2 is 1.55 bits per heavy atom. The molecule has 8 heteroatoms. The third-order valence-corrected chi connectivity index (χ3v) is 4.04. The summed E-state index contributed by atoms with van der Waals surface area (Å²) >= 11 is 5.52. The van der Waals surface area contributed by atoms with E-state index in [-0.39, 0.29) is 10.7 Å². The maximum atomic E-state index is 13.0. The Bertz CT molecular complexity index is 765. The molecular weight excluding hydrogens is 315 g/mol. The van der Waals surface area contributed by atoms with Crippen molar-refractivity contribution in [2.45, 2.75) is 4.90 Å². The highest BCUT2D eigenvalue weighted by molar-refractivity contribution is 7.92. The average molecular weight is 322 g/mol. The van der Waals surface area contributed by atoms with Crippen LogP contribution in [0.25, 0.3) is 0 Å². The second-order valence-corrected chi connectivity index (χ2v) is 5.90. The molecule has 0 aliphatic heterocycles. The molecule has 0 aliphatic carbocycles. The monoisotopic (exact) mass is 321 g/mol. The van der Waals surface area contributed by atoms with E-state index in [0.717, 1.165) is 24.3 Å². The Labute approximate surface area is 118 Å². The Morgan fingerprint density at radius 3 is 2.15 bits per heavy atom. The number of benzene rings is 2. The fourth-order valence-corrected chi connectivity index (χ4v) is 2.66. The first kappa shape index (κ1) is 14.7. The lowest BCUT2D eigenvalue weighted by atomic mass is 10.3. The molecule has 0 radical (unpaired) electrons.